The van der Waals surface area contributed by atoms with E-state index in [-0.39, 0.29) is 17.5 Å². The van der Waals surface area contributed by atoms with Gasteiger partial charge in [0.2, 0.25) is 0 Å². The van der Waals surface area contributed by atoms with E-state index in [1.165, 1.54) is 4.68 Å². The van der Waals surface area contributed by atoms with Crippen LogP contribution in [0.3, 0.4) is 0 Å². The molecule has 3 aromatic rings. The third kappa shape index (κ3) is 3.88. The Morgan fingerprint density at radius 2 is 1.90 bits per heavy atom. The number of carbonyl (C=O) groups is 1. The third-order valence-electron chi connectivity index (χ3n) is 5.32. The molecule has 2 heterocycles. The van der Waals surface area contributed by atoms with Crippen LogP contribution in [0.15, 0.2) is 53.3 Å². The molecule has 0 radical (unpaired) electrons. The van der Waals surface area contributed by atoms with Crippen LogP contribution < -0.4 is 15.6 Å². The van der Waals surface area contributed by atoms with E-state index in [2.05, 4.69) is 17.3 Å². The van der Waals surface area contributed by atoms with Gasteiger partial charge in [-0.2, -0.15) is 5.10 Å². The fourth-order valence-corrected chi connectivity index (χ4v) is 3.78. The maximum atomic E-state index is 13.2. The molecular formula is C23H25N3O3. The molecule has 29 heavy (non-hydrogen) atoms. The number of hydrogen-bond acceptors (Lipinski definition) is 4. The number of hydrogen-bond donors (Lipinski definition) is 1. The van der Waals surface area contributed by atoms with Gasteiger partial charge in [0.1, 0.15) is 5.75 Å². The highest BCUT2D eigenvalue weighted by atomic mass is 16.5. The SMILES string of the molecule is CCCCCn1nc(C(=O)NC2CCOc3ccccc32)c2ccccc2c1=O. The average molecular weight is 391 g/mol. The Morgan fingerprint density at radius 1 is 1.14 bits per heavy atom. The first kappa shape index (κ1) is 19.2. The molecule has 4 rings (SSSR count). The van der Waals surface area contributed by atoms with Gasteiger partial charge in [0.25, 0.3) is 11.5 Å². The molecule has 6 nitrogen and oxygen atoms in total. The minimum atomic E-state index is -0.271. The minimum absolute atomic E-state index is 0.145. The van der Waals surface area contributed by atoms with Crippen molar-refractivity contribution in [3.05, 3.63) is 70.1 Å². The second-order valence-corrected chi connectivity index (χ2v) is 7.33. The Labute approximate surface area is 169 Å². The van der Waals surface area contributed by atoms with Crippen molar-refractivity contribution in [2.24, 2.45) is 0 Å². The fourth-order valence-electron chi connectivity index (χ4n) is 3.78. The lowest BCUT2D eigenvalue weighted by atomic mass is 10.00. The second kappa shape index (κ2) is 8.47. The highest BCUT2D eigenvalue weighted by molar-refractivity contribution is 6.04. The zero-order valence-corrected chi connectivity index (χ0v) is 16.6. The van der Waals surface area contributed by atoms with Crippen molar-refractivity contribution in [2.75, 3.05) is 6.61 Å². The summed E-state index contributed by atoms with van der Waals surface area (Å²) in [7, 11) is 0. The Kier molecular flexibility index (Phi) is 5.60. The van der Waals surface area contributed by atoms with Crippen LogP contribution in [0, 0.1) is 0 Å². The standard InChI is InChI=1S/C23H25N3O3/c1-2-3-8-14-26-23(28)17-10-5-4-9-16(17)21(25-26)22(27)24-19-13-15-29-20-12-7-6-11-18(19)20/h4-7,9-12,19H,2-3,8,13-15H2,1H3,(H,24,27). The van der Waals surface area contributed by atoms with Crippen LogP contribution in [0.4, 0.5) is 0 Å². The lowest BCUT2D eigenvalue weighted by molar-refractivity contribution is 0.0919. The summed E-state index contributed by atoms with van der Waals surface area (Å²) in [5.41, 5.74) is 1.11. The van der Waals surface area contributed by atoms with Gasteiger partial charge in [-0.15, -0.1) is 0 Å². The molecule has 0 saturated carbocycles. The Bertz CT molecular complexity index is 1090. The number of para-hydroxylation sites is 1. The van der Waals surface area contributed by atoms with E-state index in [9.17, 15) is 9.59 Å². The van der Waals surface area contributed by atoms with Crippen LogP contribution in [0.1, 0.15) is 54.7 Å². The molecule has 1 amide bonds. The van der Waals surface area contributed by atoms with E-state index < -0.39 is 0 Å². The maximum Gasteiger partial charge on any atom is 0.274 e. The molecule has 0 spiro atoms. The number of ether oxygens (including phenoxy) is 1. The summed E-state index contributed by atoms with van der Waals surface area (Å²) in [5.74, 6) is 0.526. The molecular weight excluding hydrogens is 366 g/mol. The van der Waals surface area contributed by atoms with Crippen LogP contribution in [0.5, 0.6) is 5.75 Å². The molecule has 0 fully saturated rings. The number of unbranched alkanes of at least 4 members (excludes halogenated alkanes) is 2. The summed E-state index contributed by atoms with van der Waals surface area (Å²) >= 11 is 0. The first-order chi connectivity index (χ1) is 14.2. The van der Waals surface area contributed by atoms with Crippen LogP contribution in [0.2, 0.25) is 0 Å². The van der Waals surface area contributed by atoms with E-state index in [1.54, 1.807) is 12.1 Å². The van der Waals surface area contributed by atoms with Crippen molar-refractivity contribution in [1.82, 2.24) is 15.1 Å². The highest BCUT2D eigenvalue weighted by Gasteiger charge is 2.25. The van der Waals surface area contributed by atoms with Gasteiger partial charge in [-0.3, -0.25) is 9.59 Å². The van der Waals surface area contributed by atoms with Crippen molar-refractivity contribution in [2.45, 2.75) is 45.2 Å². The van der Waals surface area contributed by atoms with Crippen LogP contribution in [-0.4, -0.2) is 22.3 Å². The summed E-state index contributed by atoms with van der Waals surface area (Å²) in [6.45, 7) is 3.17. The van der Waals surface area contributed by atoms with E-state index in [0.717, 1.165) is 30.6 Å². The lowest BCUT2D eigenvalue weighted by Gasteiger charge is -2.26. The second-order valence-electron chi connectivity index (χ2n) is 7.33. The lowest BCUT2D eigenvalue weighted by Crippen LogP contribution is -2.35. The fraction of sp³-hybridized carbons (Fsp3) is 0.348. The van der Waals surface area contributed by atoms with Gasteiger partial charge in [0.05, 0.1) is 18.0 Å². The molecule has 1 N–H and O–H groups in total. The molecule has 1 aromatic heterocycles. The number of aromatic nitrogens is 2. The molecule has 150 valence electrons. The molecule has 6 heteroatoms. The number of rotatable bonds is 6. The smallest absolute Gasteiger partial charge is 0.274 e. The number of aryl methyl sites for hydroxylation is 1. The molecule has 2 aromatic carbocycles. The number of nitrogens with zero attached hydrogens (tertiary/aromatic N) is 2. The van der Waals surface area contributed by atoms with Crippen molar-refractivity contribution in [3.8, 4) is 5.75 Å². The molecule has 0 saturated heterocycles. The van der Waals surface area contributed by atoms with E-state index >= 15 is 0 Å². The van der Waals surface area contributed by atoms with Gasteiger partial charge in [-0.25, -0.2) is 4.68 Å². The number of benzene rings is 2. The first-order valence-electron chi connectivity index (χ1n) is 10.2. The van der Waals surface area contributed by atoms with Crippen molar-refractivity contribution in [3.63, 3.8) is 0 Å². The minimum Gasteiger partial charge on any atom is -0.493 e. The topological polar surface area (TPSA) is 73.2 Å². The normalized spacial score (nSPS) is 15.6. The Hall–Kier alpha value is -3.15. The highest BCUT2D eigenvalue weighted by Crippen LogP contribution is 2.31. The summed E-state index contributed by atoms with van der Waals surface area (Å²) in [6.07, 6.45) is 3.62. The maximum absolute atomic E-state index is 13.2. The van der Waals surface area contributed by atoms with Crippen LogP contribution in [0.25, 0.3) is 10.8 Å². The predicted molar refractivity (Wildman–Crippen MR) is 112 cm³/mol. The molecule has 1 unspecified atom stereocenters. The number of amides is 1. The van der Waals surface area contributed by atoms with Gasteiger partial charge in [-0.1, -0.05) is 56.2 Å². The van der Waals surface area contributed by atoms with Crippen molar-refractivity contribution >= 4 is 16.7 Å². The third-order valence-corrected chi connectivity index (χ3v) is 5.32. The molecule has 1 aliphatic heterocycles. The van der Waals surface area contributed by atoms with Gasteiger partial charge in [0, 0.05) is 23.9 Å². The molecule has 1 aliphatic rings. The van der Waals surface area contributed by atoms with Crippen molar-refractivity contribution < 1.29 is 9.53 Å². The van der Waals surface area contributed by atoms with E-state index in [1.807, 2.05) is 36.4 Å². The van der Waals surface area contributed by atoms with Gasteiger partial charge in [-0.05, 0) is 18.6 Å². The zero-order chi connectivity index (χ0) is 20.2. The first-order valence-corrected chi connectivity index (χ1v) is 10.2. The summed E-state index contributed by atoms with van der Waals surface area (Å²) < 4.78 is 7.12. The summed E-state index contributed by atoms with van der Waals surface area (Å²) in [6, 6.07) is 14.8. The van der Waals surface area contributed by atoms with Crippen molar-refractivity contribution in [1.29, 1.82) is 0 Å². The Balaban J connectivity index is 1.69. The van der Waals surface area contributed by atoms with Gasteiger partial charge < -0.3 is 10.1 Å². The van der Waals surface area contributed by atoms with Gasteiger partial charge >= 0.3 is 0 Å². The average Bonchev–Trinajstić information content (AvgIpc) is 2.76. The van der Waals surface area contributed by atoms with Gasteiger partial charge in [0.15, 0.2) is 5.69 Å². The molecule has 0 aliphatic carbocycles. The summed E-state index contributed by atoms with van der Waals surface area (Å²) in [4.78, 5) is 26.0. The zero-order valence-electron chi connectivity index (χ0n) is 16.6. The quantitative estimate of drug-likeness (QED) is 0.648. The van der Waals surface area contributed by atoms with E-state index in [4.69, 9.17) is 4.74 Å². The Morgan fingerprint density at radius 3 is 2.72 bits per heavy atom. The van der Waals surface area contributed by atoms with Crippen LogP contribution >= 0.6 is 0 Å². The summed E-state index contributed by atoms with van der Waals surface area (Å²) in [5, 5.41) is 8.66. The number of fused-ring (bicyclic) bond motifs is 2. The number of carbonyl (C=O) groups excluding carboxylic acids is 1. The molecule has 0 bridgehead atoms. The predicted octanol–water partition coefficient (Wildman–Crippen LogP) is 3.84. The van der Waals surface area contributed by atoms with Crippen LogP contribution in [-0.2, 0) is 6.54 Å². The monoisotopic (exact) mass is 391 g/mol. The molecule has 1 atom stereocenters. The number of nitrogens with one attached hydrogen (secondary N) is 1. The largest absolute Gasteiger partial charge is 0.493 e. The van der Waals surface area contributed by atoms with E-state index in [0.29, 0.717) is 36.0 Å².